The number of benzene rings is 1. The van der Waals surface area contributed by atoms with E-state index in [1.807, 2.05) is 44.2 Å². The van der Waals surface area contributed by atoms with Gasteiger partial charge in [-0.25, -0.2) is 9.37 Å². The molecule has 2 heterocycles. The molecule has 0 aliphatic carbocycles. The quantitative estimate of drug-likeness (QED) is 0.335. The van der Waals surface area contributed by atoms with Crippen LogP contribution in [0.15, 0.2) is 53.9 Å². The lowest BCUT2D eigenvalue weighted by atomic mass is 10.2. The summed E-state index contributed by atoms with van der Waals surface area (Å²) in [6, 6.07) is 9.33. The van der Waals surface area contributed by atoms with Crippen LogP contribution in [0.1, 0.15) is 17.1 Å². The summed E-state index contributed by atoms with van der Waals surface area (Å²) < 4.78 is 18.3. The predicted octanol–water partition coefficient (Wildman–Crippen LogP) is 3.48. The molecule has 0 saturated carbocycles. The van der Waals surface area contributed by atoms with Gasteiger partial charge in [-0.15, -0.1) is 24.0 Å². The Hall–Kier alpha value is -2.36. The maximum absolute atomic E-state index is 14.5. The molecule has 0 bridgehead atoms. The molecule has 0 aliphatic heterocycles. The van der Waals surface area contributed by atoms with Crippen molar-refractivity contribution in [1.82, 2.24) is 24.3 Å². The van der Waals surface area contributed by atoms with Crippen molar-refractivity contribution in [3.05, 3.63) is 71.8 Å². The number of aryl methyl sites for hydroxylation is 2. The van der Waals surface area contributed by atoms with Crippen molar-refractivity contribution in [3.63, 3.8) is 0 Å². The van der Waals surface area contributed by atoms with Crippen LogP contribution < -0.4 is 5.32 Å². The minimum Gasteiger partial charge on any atom is -0.353 e. The van der Waals surface area contributed by atoms with E-state index < -0.39 is 0 Å². The molecule has 0 radical (unpaired) electrons. The van der Waals surface area contributed by atoms with Crippen molar-refractivity contribution < 1.29 is 4.39 Å². The fourth-order valence-electron chi connectivity index (χ4n) is 3.03. The van der Waals surface area contributed by atoms with Gasteiger partial charge >= 0.3 is 0 Å². The molecule has 0 spiro atoms. The van der Waals surface area contributed by atoms with E-state index in [1.54, 1.807) is 36.1 Å². The van der Waals surface area contributed by atoms with Crippen LogP contribution in [0.4, 0.5) is 4.39 Å². The lowest BCUT2D eigenvalue weighted by Crippen LogP contribution is -2.38. The van der Waals surface area contributed by atoms with Gasteiger partial charge in [0.1, 0.15) is 11.6 Å². The zero-order valence-corrected chi connectivity index (χ0v) is 18.9. The topological polar surface area (TPSA) is 50.4 Å². The fraction of sp³-hybridized carbons (Fsp3) is 0.300. The number of hydrogen-bond donors (Lipinski definition) is 1. The van der Waals surface area contributed by atoms with E-state index >= 15 is 0 Å². The molecule has 0 unspecified atom stereocenters. The second kappa shape index (κ2) is 9.72. The van der Waals surface area contributed by atoms with E-state index in [9.17, 15) is 4.39 Å². The number of hydrogen-bond acceptors (Lipinski definition) is 2. The van der Waals surface area contributed by atoms with E-state index in [2.05, 4.69) is 25.9 Å². The Labute approximate surface area is 182 Å². The van der Waals surface area contributed by atoms with Crippen LogP contribution in [0.2, 0.25) is 0 Å². The van der Waals surface area contributed by atoms with Gasteiger partial charge in [0, 0.05) is 52.0 Å². The molecule has 1 aromatic carbocycles. The highest BCUT2D eigenvalue weighted by Crippen LogP contribution is 2.17. The molecule has 0 aliphatic rings. The number of rotatable bonds is 5. The molecule has 150 valence electrons. The van der Waals surface area contributed by atoms with Crippen molar-refractivity contribution in [2.45, 2.75) is 20.0 Å². The SMILES string of the molecule is CN=C(NCc1ccc(-n2ccnc2C)c(F)c1)N(C)Cc1cccn1C.I. The van der Waals surface area contributed by atoms with Crippen LogP contribution in [-0.4, -0.2) is 39.1 Å². The molecule has 0 fully saturated rings. The third-order valence-electron chi connectivity index (χ3n) is 4.57. The van der Waals surface area contributed by atoms with Crippen molar-refractivity contribution in [1.29, 1.82) is 0 Å². The number of guanidine groups is 1. The summed E-state index contributed by atoms with van der Waals surface area (Å²) in [6.45, 7) is 3.07. The Kier molecular flexibility index (Phi) is 7.61. The van der Waals surface area contributed by atoms with Crippen molar-refractivity contribution >= 4 is 29.9 Å². The van der Waals surface area contributed by atoms with Crippen LogP contribution in [-0.2, 0) is 20.1 Å². The number of aliphatic imine (C=N–C) groups is 1. The second-order valence-corrected chi connectivity index (χ2v) is 6.50. The first-order chi connectivity index (χ1) is 13.0. The van der Waals surface area contributed by atoms with Crippen LogP contribution >= 0.6 is 24.0 Å². The van der Waals surface area contributed by atoms with Gasteiger partial charge in [-0.2, -0.15) is 0 Å². The Balaban J connectivity index is 0.00000280. The summed E-state index contributed by atoms with van der Waals surface area (Å²) in [5.74, 6) is 1.23. The normalized spacial score (nSPS) is 11.2. The van der Waals surface area contributed by atoms with Crippen molar-refractivity contribution in [3.8, 4) is 5.69 Å². The van der Waals surface area contributed by atoms with Gasteiger partial charge in [0.25, 0.3) is 0 Å². The lowest BCUT2D eigenvalue weighted by Gasteiger charge is -2.22. The zero-order chi connectivity index (χ0) is 19.4. The molecule has 0 amide bonds. The molecule has 3 rings (SSSR count). The van der Waals surface area contributed by atoms with Gasteiger partial charge in [0.2, 0.25) is 0 Å². The number of nitrogens with zero attached hydrogens (tertiary/aromatic N) is 5. The predicted molar refractivity (Wildman–Crippen MR) is 121 cm³/mol. The molecule has 1 N–H and O–H groups in total. The molecular formula is C20H26FIN6. The summed E-state index contributed by atoms with van der Waals surface area (Å²) >= 11 is 0. The van der Waals surface area contributed by atoms with E-state index in [0.717, 1.165) is 23.9 Å². The van der Waals surface area contributed by atoms with E-state index in [0.29, 0.717) is 12.2 Å². The maximum Gasteiger partial charge on any atom is 0.194 e. The molecule has 3 aromatic rings. The van der Waals surface area contributed by atoms with Gasteiger partial charge < -0.3 is 19.4 Å². The first kappa shape index (κ1) is 21.9. The van der Waals surface area contributed by atoms with Gasteiger partial charge in [-0.3, -0.25) is 4.99 Å². The number of halogens is 2. The highest BCUT2D eigenvalue weighted by atomic mass is 127. The summed E-state index contributed by atoms with van der Waals surface area (Å²) in [5.41, 5.74) is 2.54. The van der Waals surface area contributed by atoms with E-state index in [1.165, 1.54) is 5.69 Å². The van der Waals surface area contributed by atoms with Crippen LogP contribution in [0.3, 0.4) is 0 Å². The van der Waals surface area contributed by atoms with Gasteiger partial charge in [0.15, 0.2) is 5.96 Å². The molecule has 28 heavy (non-hydrogen) atoms. The lowest BCUT2D eigenvalue weighted by molar-refractivity contribution is 0.461. The Morgan fingerprint density at radius 3 is 2.64 bits per heavy atom. The third kappa shape index (κ3) is 4.92. The summed E-state index contributed by atoms with van der Waals surface area (Å²) in [5, 5.41) is 3.29. The molecule has 6 nitrogen and oxygen atoms in total. The first-order valence-electron chi connectivity index (χ1n) is 8.80. The van der Waals surface area contributed by atoms with Crippen LogP contribution in [0, 0.1) is 12.7 Å². The third-order valence-corrected chi connectivity index (χ3v) is 4.57. The highest BCUT2D eigenvalue weighted by molar-refractivity contribution is 14.0. The highest BCUT2D eigenvalue weighted by Gasteiger charge is 2.11. The molecular weight excluding hydrogens is 470 g/mol. The standard InChI is InChI=1S/C20H25FN6.HI/c1-15-23-9-11-27(15)19-8-7-16(12-18(19)21)13-24-20(22-2)26(4)14-17-6-5-10-25(17)3;/h5-12H,13-14H2,1-4H3,(H,22,24);1H. The van der Waals surface area contributed by atoms with E-state index in [4.69, 9.17) is 0 Å². The number of imidazole rings is 1. The monoisotopic (exact) mass is 496 g/mol. The van der Waals surface area contributed by atoms with Gasteiger partial charge in [0.05, 0.1) is 12.2 Å². The number of nitrogens with one attached hydrogen (secondary N) is 1. The summed E-state index contributed by atoms with van der Waals surface area (Å²) in [4.78, 5) is 10.5. The molecule has 2 aromatic heterocycles. The van der Waals surface area contributed by atoms with Crippen LogP contribution in [0.25, 0.3) is 5.69 Å². The first-order valence-corrected chi connectivity index (χ1v) is 8.80. The number of aromatic nitrogens is 3. The molecule has 0 atom stereocenters. The Bertz CT molecular complexity index is 946. The largest absolute Gasteiger partial charge is 0.353 e. The minimum absolute atomic E-state index is 0. The Morgan fingerprint density at radius 1 is 1.29 bits per heavy atom. The average molecular weight is 496 g/mol. The van der Waals surface area contributed by atoms with Gasteiger partial charge in [-0.1, -0.05) is 6.07 Å². The molecule has 0 saturated heterocycles. The van der Waals surface area contributed by atoms with Crippen LogP contribution in [0.5, 0.6) is 0 Å². The second-order valence-electron chi connectivity index (χ2n) is 6.50. The zero-order valence-electron chi connectivity index (χ0n) is 16.6. The summed E-state index contributed by atoms with van der Waals surface area (Å²) in [7, 11) is 5.74. The minimum atomic E-state index is -0.275. The van der Waals surface area contributed by atoms with Crippen molar-refractivity contribution in [2.24, 2.45) is 12.0 Å². The molecule has 8 heteroatoms. The van der Waals surface area contributed by atoms with E-state index in [-0.39, 0.29) is 29.8 Å². The van der Waals surface area contributed by atoms with Gasteiger partial charge in [-0.05, 0) is 36.8 Å². The Morgan fingerprint density at radius 2 is 2.07 bits per heavy atom. The maximum atomic E-state index is 14.5. The fourth-order valence-corrected chi connectivity index (χ4v) is 3.03. The average Bonchev–Trinajstić information content (AvgIpc) is 3.24. The summed E-state index contributed by atoms with van der Waals surface area (Å²) in [6.07, 6.45) is 5.44. The smallest absolute Gasteiger partial charge is 0.194 e. The van der Waals surface area contributed by atoms with Crippen molar-refractivity contribution in [2.75, 3.05) is 14.1 Å².